The molecule has 6 heteroatoms. The van der Waals surface area contributed by atoms with Crippen LogP contribution in [0, 0.1) is 0 Å². The highest BCUT2D eigenvalue weighted by Gasteiger charge is 2.31. The summed E-state index contributed by atoms with van der Waals surface area (Å²) in [5.74, 6) is 0. The Balaban J connectivity index is 2.01. The van der Waals surface area contributed by atoms with Crippen molar-refractivity contribution in [3.05, 3.63) is 33.8 Å². The maximum Gasteiger partial charge on any atom is 0.416 e. The summed E-state index contributed by atoms with van der Waals surface area (Å²) in [4.78, 5) is 5.54. The van der Waals surface area contributed by atoms with Crippen molar-refractivity contribution in [3.63, 3.8) is 0 Å². The zero-order valence-corrected chi connectivity index (χ0v) is 11.9. The van der Waals surface area contributed by atoms with Gasteiger partial charge >= 0.3 is 6.18 Å². The van der Waals surface area contributed by atoms with Crippen LogP contribution in [0.4, 0.5) is 13.2 Å². The van der Waals surface area contributed by atoms with Gasteiger partial charge in [0.15, 0.2) is 0 Å². The quantitative estimate of drug-likeness (QED) is 0.811. The molecule has 0 amide bonds. The second-order valence-corrected chi connectivity index (χ2v) is 5.52. The van der Waals surface area contributed by atoms with E-state index in [0.29, 0.717) is 10.0 Å². The van der Waals surface area contributed by atoms with Crippen molar-refractivity contribution < 1.29 is 18.0 Å². The van der Waals surface area contributed by atoms with Gasteiger partial charge < -0.3 is 0 Å². The molecule has 19 heavy (non-hydrogen) atoms. The Kier molecular flexibility index (Phi) is 4.86. The van der Waals surface area contributed by atoms with Crippen molar-refractivity contribution >= 4 is 15.9 Å². The molecule has 1 heterocycles. The molecule has 1 aliphatic rings. The first-order chi connectivity index (χ1) is 8.95. The lowest BCUT2D eigenvalue weighted by molar-refractivity contribution is -0.178. The Morgan fingerprint density at radius 1 is 1.11 bits per heavy atom. The molecular formula is C13H15BrF3NO. The van der Waals surface area contributed by atoms with Crippen molar-refractivity contribution in [2.75, 3.05) is 13.1 Å². The maximum absolute atomic E-state index is 12.7. The summed E-state index contributed by atoms with van der Waals surface area (Å²) in [6.45, 7) is 1.86. The number of hydroxylamine groups is 2. The molecule has 1 fully saturated rings. The van der Waals surface area contributed by atoms with E-state index >= 15 is 0 Å². The molecule has 0 N–H and O–H groups in total. The lowest BCUT2D eigenvalue weighted by atomic mass is 10.1. The highest BCUT2D eigenvalue weighted by Crippen LogP contribution is 2.32. The molecule has 1 aliphatic heterocycles. The number of halogens is 4. The Bertz CT molecular complexity index is 430. The predicted octanol–water partition coefficient (Wildman–Crippen LogP) is 4.39. The Morgan fingerprint density at radius 2 is 1.79 bits per heavy atom. The van der Waals surface area contributed by atoms with Crippen LogP contribution in [0.5, 0.6) is 0 Å². The number of hydrogen-bond donors (Lipinski definition) is 0. The van der Waals surface area contributed by atoms with Gasteiger partial charge in [-0.15, -0.1) is 0 Å². The number of piperidine rings is 1. The molecule has 1 saturated heterocycles. The lowest BCUT2D eigenvalue weighted by Crippen LogP contribution is -2.29. The summed E-state index contributed by atoms with van der Waals surface area (Å²) in [6, 6.07) is 3.86. The Morgan fingerprint density at radius 3 is 2.42 bits per heavy atom. The average Bonchev–Trinajstić information content (AvgIpc) is 2.36. The van der Waals surface area contributed by atoms with E-state index in [1.807, 2.05) is 5.06 Å². The van der Waals surface area contributed by atoms with Crippen LogP contribution >= 0.6 is 15.9 Å². The van der Waals surface area contributed by atoms with E-state index in [1.165, 1.54) is 6.42 Å². The van der Waals surface area contributed by atoms with Gasteiger partial charge in [0, 0.05) is 17.6 Å². The van der Waals surface area contributed by atoms with Gasteiger partial charge in [0.25, 0.3) is 0 Å². The zero-order valence-electron chi connectivity index (χ0n) is 10.3. The summed E-state index contributed by atoms with van der Waals surface area (Å²) in [6.07, 6.45) is -0.989. The van der Waals surface area contributed by atoms with Crippen molar-refractivity contribution in [1.82, 2.24) is 5.06 Å². The van der Waals surface area contributed by atoms with Crippen molar-refractivity contribution in [2.24, 2.45) is 0 Å². The number of rotatable bonds is 3. The summed E-state index contributed by atoms with van der Waals surface area (Å²) in [5, 5.41) is 1.83. The summed E-state index contributed by atoms with van der Waals surface area (Å²) < 4.78 is 38.4. The smallest absolute Gasteiger partial charge is 0.294 e. The summed E-state index contributed by atoms with van der Waals surface area (Å²) in [7, 11) is 0. The first-order valence-electron chi connectivity index (χ1n) is 6.20. The molecule has 1 aromatic rings. The SMILES string of the molecule is FC(F)(F)c1cc(Br)cc(CON2CCCCC2)c1. The molecule has 2 rings (SSSR count). The molecule has 0 spiro atoms. The fourth-order valence-corrected chi connectivity index (χ4v) is 2.60. The van der Waals surface area contributed by atoms with Gasteiger partial charge in [-0.25, -0.2) is 0 Å². The molecule has 106 valence electrons. The molecule has 0 unspecified atom stereocenters. The van der Waals surface area contributed by atoms with Crippen LogP contribution in [-0.4, -0.2) is 18.2 Å². The minimum absolute atomic E-state index is 0.169. The van der Waals surface area contributed by atoms with Crippen LogP contribution < -0.4 is 0 Å². The van der Waals surface area contributed by atoms with E-state index in [0.717, 1.165) is 38.1 Å². The van der Waals surface area contributed by atoms with Gasteiger partial charge in [0.1, 0.15) is 0 Å². The minimum atomic E-state index is -4.33. The summed E-state index contributed by atoms with van der Waals surface area (Å²) in [5.41, 5.74) is -0.133. The van der Waals surface area contributed by atoms with Crippen LogP contribution in [0.25, 0.3) is 0 Å². The van der Waals surface area contributed by atoms with Gasteiger partial charge in [-0.05, 0) is 36.6 Å². The van der Waals surface area contributed by atoms with Gasteiger partial charge in [-0.3, -0.25) is 4.84 Å². The molecule has 2 nitrogen and oxygen atoms in total. The van der Waals surface area contributed by atoms with E-state index in [1.54, 1.807) is 6.07 Å². The average molecular weight is 338 g/mol. The Hall–Kier alpha value is -0.590. The molecule has 0 aromatic heterocycles. The molecule has 0 bridgehead atoms. The zero-order chi connectivity index (χ0) is 13.9. The van der Waals surface area contributed by atoms with Gasteiger partial charge in [0.2, 0.25) is 0 Å². The van der Waals surface area contributed by atoms with Crippen molar-refractivity contribution in [1.29, 1.82) is 0 Å². The fourth-order valence-electron chi connectivity index (χ4n) is 2.06. The van der Waals surface area contributed by atoms with Crippen LogP contribution in [-0.2, 0) is 17.6 Å². The number of benzene rings is 1. The van der Waals surface area contributed by atoms with Crippen LogP contribution in [0.3, 0.4) is 0 Å². The third-order valence-electron chi connectivity index (χ3n) is 3.01. The van der Waals surface area contributed by atoms with E-state index < -0.39 is 11.7 Å². The molecule has 0 saturated carbocycles. The minimum Gasteiger partial charge on any atom is -0.294 e. The topological polar surface area (TPSA) is 12.5 Å². The lowest BCUT2D eigenvalue weighted by Gasteiger charge is -2.25. The molecule has 0 aliphatic carbocycles. The van der Waals surface area contributed by atoms with Crippen molar-refractivity contribution in [2.45, 2.75) is 32.0 Å². The maximum atomic E-state index is 12.7. The van der Waals surface area contributed by atoms with Crippen LogP contribution in [0.2, 0.25) is 0 Å². The molecule has 0 atom stereocenters. The highest BCUT2D eigenvalue weighted by molar-refractivity contribution is 9.10. The second-order valence-electron chi connectivity index (χ2n) is 4.61. The van der Waals surface area contributed by atoms with Crippen LogP contribution in [0.1, 0.15) is 30.4 Å². The van der Waals surface area contributed by atoms with E-state index in [-0.39, 0.29) is 6.61 Å². The number of alkyl halides is 3. The number of hydrogen-bond acceptors (Lipinski definition) is 2. The third kappa shape index (κ3) is 4.47. The third-order valence-corrected chi connectivity index (χ3v) is 3.47. The van der Waals surface area contributed by atoms with Crippen molar-refractivity contribution in [3.8, 4) is 0 Å². The first kappa shape index (κ1) is 14.8. The standard InChI is InChI=1S/C13H15BrF3NO/c14-12-7-10(6-11(8-12)13(15,16)17)9-19-18-4-2-1-3-5-18/h6-8H,1-5,9H2. The number of nitrogens with zero attached hydrogens (tertiary/aromatic N) is 1. The van der Waals surface area contributed by atoms with Crippen LogP contribution in [0.15, 0.2) is 22.7 Å². The van der Waals surface area contributed by atoms with E-state index in [2.05, 4.69) is 15.9 Å². The van der Waals surface area contributed by atoms with Gasteiger partial charge in [0.05, 0.1) is 12.2 Å². The summed E-state index contributed by atoms with van der Waals surface area (Å²) >= 11 is 3.10. The molecule has 0 radical (unpaired) electrons. The fraction of sp³-hybridized carbons (Fsp3) is 0.538. The highest BCUT2D eigenvalue weighted by atomic mass is 79.9. The van der Waals surface area contributed by atoms with Gasteiger partial charge in [-0.1, -0.05) is 22.4 Å². The molecular weight excluding hydrogens is 323 g/mol. The monoisotopic (exact) mass is 337 g/mol. The Labute approximate surface area is 118 Å². The second kappa shape index (κ2) is 6.24. The largest absolute Gasteiger partial charge is 0.416 e. The molecule has 1 aromatic carbocycles. The van der Waals surface area contributed by atoms with Gasteiger partial charge in [-0.2, -0.15) is 18.2 Å². The predicted molar refractivity (Wildman–Crippen MR) is 69.4 cm³/mol. The normalized spacial score (nSPS) is 17.7. The van der Waals surface area contributed by atoms with E-state index in [4.69, 9.17) is 4.84 Å². The first-order valence-corrected chi connectivity index (χ1v) is 6.99. The van der Waals surface area contributed by atoms with E-state index in [9.17, 15) is 13.2 Å².